The molecule has 2 aromatic rings. The molecule has 1 aliphatic carbocycles. The van der Waals surface area contributed by atoms with E-state index in [0.717, 1.165) is 37.0 Å². The molecule has 0 bridgehead atoms. The minimum Gasteiger partial charge on any atom is -0.497 e. The van der Waals surface area contributed by atoms with Gasteiger partial charge in [-0.1, -0.05) is 50.1 Å². The number of hydrogen-bond donors (Lipinski definition) is 0. The van der Waals surface area contributed by atoms with E-state index in [1.54, 1.807) is 37.4 Å². The molecule has 9 heteroatoms. The summed E-state index contributed by atoms with van der Waals surface area (Å²) in [4.78, 5) is 30.8. The van der Waals surface area contributed by atoms with Crippen molar-refractivity contribution >= 4 is 21.8 Å². The number of carbonyl (C=O) groups excluding carboxylic acids is 2. The number of amides is 2. The maximum Gasteiger partial charge on any atom is 0.243 e. The lowest BCUT2D eigenvalue weighted by Gasteiger charge is -2.40. The smallest absolute Gasteiger partial charge is 0.243 e. The van der Waals surface area contributed by atoms with E-state index in [0.29, 0.717) is 38.9 Å². The van der Waals surface area contributed by atoms with Crippen LogP contribution in [0.3, 0.4) is 0 Å². The summed E-state index contributed by atoms with van der Waals surface area (Å²) < 4.78 is 33.4. The fraction of sp³-hybridized carbons (Fsp3) is 0.533. The fourth-order valence-corrected chi connectivity index (χ4v) is 7.20. The number of piperidine rings is 1. The highest BCUT2D eigenvalue weighted by Gasteiger charge is 2.35. The molecular formula is C30H41N3O5S. The molecule has 1 heterocycles. The normalized spacial score (nSPS) is 16.9. The summed E-state index contributed by atoms with van der Waals surface area (Å²) in [5.74, 6) is 0.907. The summed E-state index contributed by atoms with van der Waals surface area (Å²) in [5, 5.41) is 0. The van der Waals surface area contributed by atoms with Crippen LogP contribution in [-0.2, 0) is 26.2 Å². The van der Waals surface area contributed by atoms with E-state index in [2.05, 4.69) is 0 Å². The Morgan fingerprint density at radius 1 is 0.949 bits per heavy atom. The summed E-state index contributed by atoms with van der Waals surface area (Å²) in [6, 6.07) is 15.8. The number of nitrogens with zero attached hydrogens (tertiary/aromatic N) is 3. The average molecular weight is 556 g/mol. The molecule has 0 unspecified atom stereocenters. The lowest BCUT2D eigenvalue weighted by Crippen LogP contribution is -2.52. The highest BCUT2D eigenvalue weighted by Crippen LogP contribution is 2.29. The SMILES string of the molecule is CCCN(CC(=O)N(Cc1ccc(OC)cc1)C1CCN(C(=O)C2CCCC2)CC1)S(=O)(=O)c1ccccc1. The van der Waals surface area contributed by atoms with Crippen LogP contribution < -0.4 is 4.74 Å². The van der Waals surface area contributed by atoms with Gasteiger partial charge in [0.2, 0.25) is 21.8 Å². The predicted octanol–water partition coefficient (Wildman–Crippen LogP) is 4.31. The van der Waals surface area contributed by atoms with Gasteiger partial charge in [0.1, 0.15) is 5.75 Å². The zero-order chi connectivity index (χ0) is 27.8. The first-order valence-electron chi connectivity index (χ1n) is 14.1. The van der Waals surface area contributed by atoms with Gasteiger partial charge in [0.05, 0.1) is 18.6 Å². The fourth-order valence-electron chi connectivity index (χ4n) is 5.69. The number of ether oxygens (including phenoxy) is 1. The summed E-state index contributed by atoms with van der Waals surface area (Å²) in [5.41, 5.74) is 0.946. The number of benzene rings is 2. The summed E-state index contributed by atoms with van der Waals surface area (Å²) in [7, 11) is -2.21. The van der Waals surface area contributed by atoms with E-state index < -0.39 is 10.0 Å². The number of carbonyl (C=O) groups is 2. The van der Waals surface area contributed by atoms with Crippen molar-refractivity contribution in [3.05, 3.63) is 60.2 Å². The van der Waals surface area contributed by atoms with Gasteiger partial charge in [0.15, 0.2) is 0 Å². The zero-order valence-electron chi connectivity index (χ0n) is 23.1. The Labute approximate surface area is 233 Å². The molecule has 1 aliphatic heterocycles. The molecule has 0 atom stereocenters. The number of hydrogen-bond acceptors (Lipinski definition) is 5. The van der Waals surface area contributed by atoms with Crippen LogP contribution in [0.4, 0.5) is 0 Å². The molecule has 0 radical (unpaired) electrons. The molecule has 0 aromatic heterocycles. The maximum absolute atomic E-state index is 13.9. The lowest BCUT2D eigenvalue weighted by atomic mass is 9.99. The van der Waals surface area contributed by atoms with Crippen LogP contribution in [0.1, 0.15) is 57.4 Å². The molecule has 2 fully saturated rings. The molecule has 39 heavy (non-hydrogen) atoms. The van der Waals surface area contributed by atoms with E-state index in [1.165, 1.54) is 4.31 Å². The first-order valence-corrected chi connectivity index (χ1v) is 15.5. The molecule has 2 aromatic carbocycles. The Hall–Kier alpha value is -2.91. The molecule has 4 rings (SSSR count). The van der Waals surface area contributed by atoms with E-state index in [4.69, 9.17) is 4.74 Å². The van der Waals surface area contributed by atoms with Gasteiger partial charge in [0.25, 0.3) is 0 Å². The second kappa shape index (κ2) is 13.4. The van der Waals surface area contributed by atoms with Gasteiger partial charge in [-0.05, 0) is 61.9 Å². The average Bonchev–Trinajstić information content (AvgIpc) is 3.51. The minimum atomic E-state index is -3.82. The van der Waals surface area contributed by atoms with Crippen LogP contribution in [0.15, 0.2) is 59.5 Å². The van der Waals surface area contributed by atoms with Crippen molar-refractivity contribution in [2.24, 2.45) is 5.92 Å². The van der Waals surface area contributed by atoms with Gasteiger partial charge in [-0.15, -0.1) is 0 Å². The monoisotopic (exact) mass is 555 g/mol. The van der Waals surface area contributed by atoms with Crippen molar-refractivity contribution in [3.63, 3.8) is 0 Å². The molecule has 212 valence electrons. The van der Waals surface area contributed by atoms with Crippen LogP contribution in [0.25, 0.3) is 0 Å². The van der Waals surface area contributed by atoms with E-state index in [9.17, 15) is 18.0 Å². The molecule has 1 saturated heterocycles. The van der Waals surface area contributed by atoms with Crippen LogP contribution >= 0.6 is 0 Å². The van der Waals surface area contributed by atoms with E-state index in [1.807, 2.05) is 41.0 Å². The Balaban J connectivity index is 1.52. The van der Waals surface area contributed by atoms with Gasteiger partial charge in [-0.2, -0.15) is 4.31 Å². The second-order valence-electron chi connectivity index (χ2n) is 10.6. The predicted molar refractivity (Wildman–Crippen MR) is 151 cm³/mol. The number of likely N-dealkylation sites (tertiary alicyclic amines) is 1. The molecule has 2 amide bonds. The summed E-state index contributed by atoms with van der Waals surface area (Å²) in [6.07, 6.45) is 6.15. The number of methoxy groups -OCH3 is 1. The van der Waals surface area contributed by atoms with Crippen molar-refractivity contribution < 1.29 is 22.7 Å². The molecule has 0 N–H and O–H groups in total. The Morgan fingerprint density at radius 2 is 1.59 bits per heavy atom. The number of rotatable bonds is 11. The first kappa shape index (κ1) is 29.1. The second-order valence-corrected chi connectivity index (χ2v) is 12.5. The zero-order valence-corrected chi connectivity index (χ0v) is 23.9. The topological polar surface area (TPSA) is 87.2 Å². The highest BCUT2D eigenvalue weighted by atomic mass is 32.2. The Morgan fingerprint density at radius 3 is 2.18 bits per heavy atom. The Bertz CT molecular complexity index is 1190. The van der Waals surface area contributed by atoms with Crippen molar-refractivity contribution in [1.82, 2.24) is 14.1 Å². The molecule has 2 aliphatic rings. The van der Waals surface area contributed by atoms with Crippen LogP contribution in [0, 0.1) is 5.92 Å². The van der Waals surface area contributed by atoms with Gasteiger partial charge >= 0.3 is 0 Å². The highest BCUT2D eigenvalue weighted by molar-refractivity contribution is 7.89. The van der Waals surface area contributed by atoms with Gasteiger partial charge in [-0.3, -0.25) is 9.59 Å². The van der Waals surface area contributed by atoms with Gasteiger partial charge < -0.3 is 14.5 Å². The Kier molecular flexibility index (Phi) is 10.0. The third-order valence-corrected chi connectivity index (χ3v) is 9.78. The van der Waals surface area contributed by atoms with Crippen LogP contribution in [0.2, 0.25) is 0 Å². The van der Waals surface area contributed by atoms with Crippen LogP contribution in [-0.4, -0.2) is 73.7 Å². The largest absolute Gasteiger partial charge is 0.497 e. The molecule has 0 spiro atoms. The van der Waals surface area contributed by atoms with Crippen molar-refractivity contribution in [2.75, 3.05) is 33.3 Å². The van der Waals surface area contributed by atoms with Crippen LogP contribution in [0.5, 0.6) is 5.75 Å². The number of sulfonamides is 1. The summed E-state index contributed by atoms with van der Waals surface area (Å²) >= 11 is 0. The molecular weight excluding hydrogens is 514 g/mol. The van der Waals surface area contributed by atoms with Crippen molar-refractivity contribution in [3.8, 4) is 5.75 Å². The minimum absolute atomic E-state index is 0.0739. The molecule has 8 nitrogen and oxygen atoms in total. The third kappa shape index (κ3) is 7.19. The van der Waals surface area contributed by atoms with Gasteiger partial charge in [-0.25, -0.2) is 8.42 Å². The molecule has 1 saturated carbocycles. The van der Waals surface area contributed by atoms with Crippen molar-refractivity contribution in [1.29, 1.82) is 0 Å². The van der Waals surface area contributed by atoms with Crippen molar-refractivity contribution in [2.45, 2.75) is 69.4 Å². The van der Waals surface area contributed by atoms with E-state index >= 15 is 0 Å². The first-order chi connectivity index (χ1) is 18.8. The quantitative estimate of drug-likeness (QED) is 0.413. The maximum atomic E-state index is 13.9. The lowest BCUT2D eigenvalue weighted by molar-refractivity contribution is -0.139. The standard InChI is InChI=1S/C30H41N3O5S/c1-3-19-32(39(36,37)28-11-5-4-6-12-28)23-29(34)33(22-24-13-15-27(38-2)16-14-24)26-17-20-31(21-18-26)30(35)25-9-7-8-10-25/h4-6,11-16,25-26H,3,7-10,17-23H2,1-2H3. The summed E-state index contributed by atoms with van der Waals surface area (Å²) in [6.45, 7) is 3.55. The third-order valence-electron chi connectivity index (χ3n) is 7.92. The van der Waals surface area contributed by atoms with Gasteiger partial charge in [0, 0.05) is 38.1 Å². The van der Waals surface area contributed by atoms with E-state index in [-0.39, 0.29) is 41.8 Å².